The molecule has 0 spiro atoms. The number of hydrogen-bond donors (Lipinski definition) is 2. The van der Waals surface area contributed by atoms with Crippen LogP contribution < -0.4 is 10.6 Å². The summed E-state index contributed by atoms with van der Waals surface area (Å²) in [6.45, 7) is 1.00. The number of carbonyl (C=O) groups excluding carboxylic acids is 1. The molecular formula is C14H14BrClN2OS. The maximum atomic E-state index is 12.1. The zero-order valence-corrected chi connectivity index (χ0v) is 13.8. The van der Waals surface area contributed by atoms with Crippen LogP contribution in [0.25, 0.3) is 0 Å². The number of rotatable bonds is 2. The van der Waals surface area contributed by atoms with Crippen LogP contribution in [0.1, 0.15) is 21.7 Å². The lowest BCUT2D eigenvalue weighted by atomic mass is 10.0. The first-order chi connectivity index (χ1) is 9.24. The van der Waals surface area contributed by atoms with Crippen molar-refractivity contribution in [1.29, 1.82) is 0 Å². The second-order valence-corrected chi connectivity index (χ2v) is 6.22. The maximum absolute atomic E-state index is 12.1. The van der Waals surface area contributed by atoms with Crippen LogP contribution in [0.2, 0.25) is 0 Å². The summed E-state index contributed by atoms with van der Waals surface area (Å²) in [6.07, 6.45) is 2.27. The fraction of sp³-hybridized carbons (Fsp3) is 0.214. The molecule has 0 bridgehead atoms. The standard InChI is InChI=1S/C14H13BrN2OS.ClH/c15-11-5-7-19-13(11)14(18)17-10-4-3-9-2-1-6-16-12(9)8-10;/h3-5,7-8,16H,1-2,6H2,(H,17,18);1H. The molecule has 106 valence electrons. The van der Waals surface area contributed by atoms with Crippen molar-refractivity contribution in [2.24, 2.45) is 0 Å². The minimum absolute atomic E-state index is 0. The Bertz CT molecular complexity index is 629. The van der Waals surface area contributed by atoms with Gasteiger partial charge in [0, 0.05) is 22.4 Å². The van der Waals surface area contributed by atoms with Crippen molar-refractivity contribution in [3.63, 3.8) is 0 Å². The Kier molecular flexibility index (Phi) is 5.07. The third kappa shape index (κ3) is 3.16. The van der Waals surface area contributed by atoms with E-state index in [1.807, 2.05) is 23.6 Å². The highest BCUT2D eigenvalue weighted by atomic mass is 79.9. The summed E-state index contributed by atoms with van der Waals surface area (Å²) in [5, 5.41) is 8.20. The predicted octanol–water partition coefficient (Wildman–Crippen LogP) is 4.54. The lowest BCUT2D eigenvalue weighted by molar-refractivity contribution is 0.103. The van der Waals surface area contributed by atoms with E-state index in [0.29, 0.717) is 4.88 Å². The highest BCUT2D eigenvalue weighted by Gasteiger charge is 2.13. The zero-order chi connectivity index (χ0) is 13.2. The number of hydrogen-bond acceptors (Lipinski definition) is 3. The second-order valence-electron chi connectivity index (χ2n) is 4.45. The number of aryl methyl sites for hydroxylation is 1. The Balaban J connectivity index is 0.00000147. The van der Waals surface area contributed by atoms with Gasteiger partial charge in [-0.05, 0) is 57.9 Å². The average molecular weight is 374 g/mol. The van der Waals surface area contributed by atoms with Crippen molar-refractivity contribution in [3.8, 4) is 0 Å². The normalized spacial score (nSPS) is 12.8. The number of benzene rings is 1. The van der Waals surface area contributed by atoms with E-state index < -0.39 is 0 Å². The van der Waals surface area contributed by atoms with Crippen LogP contribution >= 0.6 is 39.7 Å². The summed E-state index contributed by atoms with van der Waals surface area (Å²) in [5.74, 6) is -0.0716. The molecule has 1 amide bonds. The van der Waals surface area contributed by atoms with Crippen LogP contribution in [0.5, 0.6) is 0 Å². The third-order valence-electron chi connectivity index (χ3n) is 3.13. The Labute approximate surface area is 136 Å². The van der Waals surface area contributed by atoms with Gasteiger partial charge in [-0.1, -0.05) is 6.07 Å². The molecule has 1 aromatic heterocycles. The van der Waals surface area contributed by atoms with E-state index >= 15 is 0 Å². The molecule has 20 heavy (non-hydrogen) atoms. The Morgan fingerprint density at radius 1 is 1.35 bits per heavy atom. The molecule has 2 heterocycles. The van der Waals surface area contributed by atoms with Gasteiger partial charge in [-0.2, -0.15) is 0 Å². The van der Waals surface area contributed by atoms with E-state index in [9.17, 15) is 4.79 Å². The second kappa shape index (κ2) is 6.61. The van der Waals surface area contributed by atoms with Gasteiger partial charge in [0.1, 0.15) is 4.88 Å². The zero-order valence-electron chi connectivity index (χ0n) is 10.6. The van der Waals surface area contributed by atoms with Crippen LogP contribution in [-0.4, -0.2) is 12.5 Å². The summed E-state index contributed by atoms with van der Waals surface area (Å²) < 4.78 is 0.839. The fourth-order valence-electron chi connectivity index (χ4n) is 2.18. The Hall–Kier alpha value is -1.04. The number of nitrogens with one attached hydrogen (secondary N) is 2. The SMILES string of the molecule is Cl.O=C(Nc1ccc2c(c1)NCCC2)c1sccc1Br. The number of anilines is 2. The summed E-state index contributed by atoms with van der Waals surface area (Å²) in [4.78, 5) is 12.8. The van der Waals surface area contributed by atoms with E-state index in [2.05, 4.69) is 32.6 Å². The monoisotopic (exact) mass is 372 g/mol. The highest BCUT2D eigenvalue weighted by Crippen LogP contribution is 2.27. The molecule has 0 saturated heterocycles. The first-order valence-electron chi connectivity index (χ1n) is 6.15. The van der Waals surface area contributed by atoms with E-state index in [-0.39, 0.29) is 18.3 Å². The predicted molar refractivity (Wildman–Crippen MR) is 90.5 cm³/mol. The van der Waals surface area contributed by atoms with Crippen molar-refractivity contribution >= 4 is 57.0 Å². The lowest BCUT2D eigenvalue weighted by Crippen LogP contribution is -2.14. The summed E-state index contributed by atoms with van der Waals surface area (Å²) in [5.41, 5.74) is 3.29. The van der Waals surface area contributed by atoms with Gasteiger partial charge < -0.3 is 10.6 Å². The number of thiophene rings is 1. The Morgan fingerprint density at radius 3 is 2.95 bits per heavy atom. The number of amides is 1. The lowest BCUT2D eigenvalue weighted by Gasteiger charge is -2.18. The fourth-order valence-corrected chi connectivity index (χ4v) is 3.63. The van der Waals surface area contributed by atoms with E-state index in [1.165, 1.54) is 23.3 Å². The van der Waals surface area contributed by atoms with Gasteiger partial charge in [-0.3, -0.25) is 4.79 Å². The first kappa shape index (κ1) is 15.4. The van der Waals surface area contributed by atoms with Gasteiger partial charge in [-0.15, -0.1) is 23.7 Å². The van der Waals surface area contributed by atoms with Gasteiger partial charge in [0.25, 0.3) is 5.91 Å². The molecule has 2 N–H and O–H groups in total. The molecule has 0 fully saturated rings. The van der Waals surface area contributed by atoms with Gasteiger partial charge in [0.2, 0.25) is 0 Å². The molecule has 3 rings (SSSR count). The van der Waals surface area contributed by atoms with Crippen LogP contribution in [0.15, 0.2) is 34.1 Å². The quantitative estimate of drug-likeness (QED) is 0.811. The smallest absolute Gasteiger partial charge is 0.266 e. The minimum atomic E-state index is -0.0716. The van der Waals surface area contributed by atoms with E-state index in [0.717, 1.165) is 28.8 Å². The minimum Gasteiger partial charge on any atom is -0.385 e. The molecule has 0 unspecified atom stereocenters. The van der Waals surface area contributed by atoms with E-state index in [1.54, 1.807) is 0 Å². The Morgan fingerprint density at radius 2 is 2.20 bits per heavy atom. The summed E-state index contributed by atoms with van der Waals surface area (Å²) >= 11 is 4.81. The van der Waals surface area contributed by atoms with Crippen molar-refractivity contribution in [1.82, 2.24) is 0 Å². The van der Waals surface area contributed by atoms with Crippen LogP contribution in [0, 0.1) is 0 Å². The van der Waals surface area contributed by atoms with Crippen molar-refractivity contribution in [3.05, 3.63) is 44.6 Å². The number of carbonyl (C=O) groups is 1. The summed E-state index contributed by atoms with van der Waals surface area (Å²) in [7, 11) is 0. The van der Waals surface area contributed by atoms with Crippen LogP contribution in [0.4, 0.5) is 11.4 Å². The molecule has 0 radical (unpaired) electrons. The van der Waals surface area contributed by atoms with Crippen LogP contribution in [-0.2, 0) is 6.42 Å². The van der Waals surface area contributed by atoms with E-state index in [4.69, 9.17) is 0 Å². The molecular weight excluding hydrogens is 360 g/mol. The first-order valence-corrected chi connectivity index (χ1v) is 7.82. The highest BCUT2D eigenvalue weighted by molar-refractivity contribution is 9.10. The molecule has 6 heteroatoms. The molecule has 0 saturated carbocycles. The van der Waals surface area contributed by atoms with Crippen LogP contribution in [0.3, 0.4) is 0 Å². The molecule has 1 aliphatic heterocycles. The largest absolute Gasteiger partial charge is 0.385 e. The molecule has 0 atom stereocenters. The van der Waals surface area contributed by atoms with Gasteiger partial charge >= 0.3 is 0 Å². The molecule has 1 aliphatic rings. The molecule has 1 aromatic carbocycles. The number of fused-ring (bicyclic) bond motifs is 1. The van der Waals surface area contributed by atoms with Crippen molar-refractivity contribution < 1.29 is 4.79 Å². The van der Waals surface area contributed by atoms with Gasteiger partial charge in [0.05, 0.1) is 0 Å². The van der Waals surface area contributed by atoms with Crippen molar-refractivity contribution in [2.75, 3.05) is 17.2 Å². The molecule has 0 aliphatic carbocycles. The summed E-state index contributed by atoms with van der Waals surface area (Å²) in [6, 6.07) is 7.94. The third-order valence-corrected chi connectivity index (χ3v) is 4.97. The maximum Gasteiger partial charge on any atom is 0.266 e. The topological polar surface area (TPSA) is 41.1 Å². The number of halogens is 2. The molecule has 2 aromatic rings. The molecule has 3 nitrogen and oxygen atoms in total. The van der Waals surface area contributed by atoms with Crippen molar-refractivity contribution in [2.45, 2.75) is 12.8 Å². The van der Waals surface area contributed by atoms with Gasteiger partial charge in [-0.25, -0.2) is 0 Å². The van der Waals surface area contributed by atoms with Gasteiger partial charge in [0.15, 0.2) is 0 Å². The average Bonchev–Trinajstić information content (AvgIpc) is 2.85.